The van der Waals surface area contributed by atoms with Gasteiger partial charge in [0.1, 0.15) is 49.8 Å². The topological polar surface area (TPSA) is 204 Å². The van der Waals surface area contributed by atoms with Crippen molar-refractivity contribution in [1.29, 1.82) is 0 Å². The fourth-order valence-electron chi connectivity index (χ4n) is 6.45. The predicted molar refractivity (Wildman–Crippen MR) is 212 cm³/mol. The van der Waals surface area contributed by atoms with E-state index in [2.05, 4.69) is 10.6 Å². The van der Waals surface area contributed by atoms with Crippen LogP contribution in [0.25, 0.3) is 0 Å². The van der Waals surface area contributed by atoms with Crippen LogP contribution < -0.4 is 10.6 Å². The van der Waals surface area contributed by atoms with E-state index in [4.69, 9.17) is 18.9 Å². The summed E-state index contributed by atoms with van der Waals surface area (Å²) >= 11 is 0. The minimum atomic E-state index is -1.30. The van der Waals surface area contributed by atoms with Crippen molar-refractivity contribution in [2.75, 3.05) is 26.3 Å². The molecule has 16 nitrogen and oxygen atoms in total. The molecule has 0 bridgehead atoms. The van der Waals surface area contributed by atoms with Crippen LogP contribution >= 0.6 is 0 Å². The molecule has 2 aliphatic rings. The van der Waals surface area contributed by atoms with Crippen LogP contribution in [0.2, 0.25) is 0 Å². The van der Waals surface area contributed by atoms with Crippen molar-refractivity contribution in [3.8, 4) is 0 Å². The van der Waals surface area contributed by atoms with Gasteiger partial charge in [0.15, 0.2) is 0 Å². The summed E-state index contributed by atoms with van der Waals surface area (Å²) in [5.74, 6) is -5.03. The minimum Gasteiger partial charge on any atom is -0.447 e. The molecular formula is C44H44N4O12. The van der Waals surface area contributed by atoms with Gasteiger partial charge >= 0.3 is 24.4 Å². The van der Waals surface area contributed by atoms with Gasteiger partial charge in [-0.25, -0.2) is 29.0 Å². The van der Waals surface area contributed by atoms with Crippen LogP contribution in [-0.2, 0) is 51.3 Å². The van der Waals surface area contributed by atoms with E-state index < -0.39 is 71.7 Å². The monoisotopic (exact) mass is 820 g/mol. The van der Waals surface area contributed by atoms with Gasteiger partial charge < -0.3 is 29.6 Å². The maximum atomic E-state index is 13.0. The SMILES string of the molecule is CC(=O)[C@H](C(=O)N1CCOC1=O)[C@@H](NC(=O)OCc1ccccc1)c1ccccc1.CC(=O)[C@H](C(=O)N1CCOC1=O)[C@@H](NC(=O)OCc1ccccc1)c1ccccc1. The highest BCUT2D eigenvalue weighted by Crippen LogP contribution is 2.28. The Morgan fingerprint density at radius 1 is 0.533 bits per heavy atom. The molecule has 2 saturated heterocycles. The number of ether oxygens (including phenoxy) is 4. The van der Waals surface area contributed by atoms with Gasteiger partial charge in [0.25, 0.3) is 0 Å². The van der Waals surface area contributed by atoms with Gasteiger partial charge in [-0.3, -0.25) is 19.2 Å². The number of cyclic esters (lactones) is 2. The van der Waals surface area contributed by atoms with E-state index in [-0.39, 0.29) is 39.5 Å². The molecular weight excluding hydrogens is 776 g/mol. The van der Waals surface area contributed by atoms with Crippen LogP contribution in [0.5, 0.6) is 0 Å². The lowest BCUT2D eigenvalue weighted by Gasteiger charge is -2.27. The first kappa shape index (κ1) is 43.8. The van der Waals surface area contributed by atoms with Crippen LogP contribution in [0, 0.1) is 11.8 Å². The third kappa shape index (κ3) is 11.8. The molecule has 2 aliphatic heterocycles. The molecule has 4 aromatic carbocycles. The van der Waals surface area contributed by atoms with Crippen molar-refractivity contribution in [1.82, 2.24) is 20.4 Å². The normalized spacial score (nSPS) is 15.1. The summed E-state index contributed by atoms with van der Waals surface area (Å²) in [6, 6.07) is 33.4. The summed E-state index contributed by atoms with van der Waals surface area (Å²) < 4.78 is 20.1. The first-order valence-electron chi connectivity index (χ1n) is 19.0. The second kappa shape index (κ2) is 21.4. The quantitative estimate of drug-likeness (QED) is 0.117. The molecule has 0 aromatic heterocycles. The molecule has 0 radical (unpaired) electrons. The zero-order valence-corrected chi connectivity index (χ0v) is 32.9. The number of Topliss-reactive ketones (excluding diaryl/α,β-unsaturated/α-hetero) is 2. The fraction of sp³-hybridized carbons (Fsp3) is 0.273. The maximum Gasteiger partial charge on any atom is 0.416 e. The highest BCUT2D eigenvalue weighted by Gasteiger charge is 2.43. The molecule has 0 aliphatic carbocycles. The second-order valence-corrected chi connectivity index (χ2v) is 13.6. The zero-order chi connectivity index (χ0) is 43.0. The lowest BCUT2D eigenvalue weighted by molar-refractivity contribution is -0.140. The van der Waals surface area contributed by atoms with Crippen molar-refractivity contribution in [3.05, 3.63) is 144 Å². The molecule has 0 spiro atoms. The van der Waals surface area contributed by atoms with E-state index >= 15 is 0 Å². The van der Waals surface area contributed by atoms with Gasteiger partial charge in [0.2, 0.25) is 11.8 Å². The Kier molecular flexibility index (Phi) is 15.6. The molecule has 312 valence electrons. The van der Waals surface area contributed by atoms with E-state index in [0.29, 0.717) is 11.1 Å². The lowest BCUT2D eigenvalue weighted by Crippen LogP contribution is -2.46. The Morgan fingerprint density at radius 3 is 1.13 bits per heavy atom. The average Bonchev–Trinajstić information content (AvgIpc) is 3.90. The van der Waals surface area contributed by atoms with Crippen LogP contribution in [0.15, 0.2) is 121 Å². The number of nitrogens with zero attached hydrogens (tertiary/aromatic N) is 2. The number of ketones is 2. The van der Waals surface area contributed by atoms with Crippen LogP contribution in [0.4, 0.5) is 19.2 Å². The van der Waals surface area contributed by atoms with Crippen LogP contribution in [0.1, 0.15) is 48.2 Å². The van der Waals surface area contributed by atoms with Gasteiger partial charge in [-0.2, -0.15) is 0 Å². The van der Waals surface area contributed by atoms with E-state index in [1.54, 1.807) is 60.7 Å². The summed E-state index contributed by atoms with van der Waals surface area (Å²) in [6.45, 7) is 2.81. The zero-order valence-electron chi connectivity index (χ0n) is 32.9. The van der Waals surface area contributed by atoms with E-state index in [9.17, 15) is 38.4 Å². The highest BCUT2D eigenvalue weighted by molar-refractivity contribution is 6.07. The van der Waals surface area contributed by atoms with Crippen molar-refractivity contribution in [2.45, 2.75) is 39.1 Å². The van der Waals surface area contributed by atoms with E-state index in [0.717, 1.165) is 20.9 Å². The third-order valence-electron chi connectivity index (χ3n) is 9.42. The van der Waals surface area contributed by atoms with Crippen molar-refractivity contribution in [2.24, 2.45) is 11.8 Å². The van der Waals surface area contributed by atoms with Gasteiger partial charge in [-0.1, -0.05) is 121 Å². The summed E-state index contributed by atoms with van der Waals surface area (Å²) in [6.07, 6.45) is -3.17. The Bertz CT molecular complexity index is 1980. The average molecular weight is 821 g/mol. The van der Waals surface area contributed by atoms with Crippen molar-refractivity contribution < 1.29 is 57.3 Å². The molecule has 2 fully saturated rings. The number of amides is 6. The van der Waals surface area contributed by atoms with E-state index in [1.165, 1.54) is 13.8 Å². The van der Waals surface area contributed by atoms with Gasteiger partial charge in [0, 0.05) is 0 Å². The number of carbonyl (C=O) groups is 8. The van der Waals surface area contributed by atoms with Crippen molar-refractivity contribution >= 4 is 47.8 Å². The number of benzene rings is 4. The van der Waals surface area contributed by atoms with E-state index in [1.807, 2.05) is 60.7 Å². The summed E-state index contributed by atoms with van der Waals surface area (Å²) in [5, 5.41) is 5.25. The number of nitrogens with one attached hydrogen (secondary N) is 2. The molecule has 0 unspecified atom stereocenters. The molecule has 6 amide bonds. The summed E-state index contributed by atoms with van der Waals surface area (Å²) in [5.41, 5.74) is 2.66. The van der Waals surface area contributed by atoms with Gasteiger partial charge in [-0.15, -0.1) is 0 Å². The summed E-state index contributed by atoms with van der Waals surface area (Å²) in [4.78, 5) is 101. The Hall–Kier alpha value is -7.36. The Morgan fingerprint density at radius 2 is 0.850 bits per heavy atom. The Balaban J connectivity index is 0.000000228. The van der Waals surface area contributed by atoms with Gasteiger partial charge in [-0.05, 0) is 36.1 Å². The molecule has 2 N–H and O–H groups in total. The largest absolute Gasteiger partial charge is 0.447 e. The smallest absolute Gasteiger partial charge is 0.416 e. The first-order valence-corrected chi connectivity index (χ1v) is 19.0. The standard InChI is InChI=1S/2C22H22N2O6/c2*1-15(25)18(20(26)24-12-13-29-22(24)28)19(17-10-6-3-7-11-17)23-21(27)30-14-16-8-4-2-5-9-16/h2*2-11,18-19H,12-14H2,1H3,(H,23,27)/t2*18-,19-/m00/s1. The molecule has 0 saturated carbocycles. The van der Waals surface area contributed by atoms with Crippen LogP contribution in [0.3, 0.4) is 0 Å². The first-order chi connectivity index (χ1) is 28.9. The molecule has 16 heteroatoms. The molecule has 6 rings (SSSR count). The van der Waals surface area contributed by atoms with Gasteiger partial charge in [0.05, 0.1) is 25.2 Å². The fourth-order valence-corrected chi connectivity index (χ4v) is 6.45. The van der Waals surface area contributed by atoms with Crippen LogP contribution in [-0.4, -0.2) is 83.9 Å². The second-order valence-electron chi connectivity index (χ2n) is 13.6. The third-order valence-corrected chi connectivity index (χ3v) is 9.42. The number of alkyl carbamates (subject to hydrolysis) is 2. The predicted octanol–water partition coefficient (Wildman–Crippen LogP) is 5.68. The summed E-state index contributed by atoms with van der Waals surface area (Å²) in [7, 11) is 0. The molecule has 4 aromatic rings. The Labute approximate surface area is 345 Å². The lowest BCUT2D eigenvalue weighted by atomic mass is 9.88. The molecule has 4 atom stereocenters. The number of imide groups is 2. The highest BCUT2D eigenvalue weighted by atomic mass is 16.6. The number of carbonyl (C=O) groups excluding carboxylic acids is 8. The number of rotatable bonds is 14. The maximum absolute atomic E-state index is 13.0. The number of hydrogen-bond acceptors (Lipinski definition) is 12. The minimum absolute atomic E-state index is 0.0331. The van der Waals surface area contributed by atoms with Crippen molar-refractivity contribution in [3.63, 3.8) is 0 Å². The molecule has 60 heavy (non-hydrogen) atoms. The number of hydrogen-bond donors (Lipinski definition) is 2. The molecule has 2 heterocycles.